The normalized spacial score (nSPS) is 14.9. The molecule has 0 saturated heterocycles. The maximum Gasteiger partial charge on any atom is 0.472 e. The van der Waals surface area contributed by atoms with Crippen LogP contribution in [0.4, 0.5) is 0 Å². The summed E-state index contributed by atoms with van der Waals surface area (Å²) in [5.41, 5.74) is 0. The van der Waals surface area contributed by atoms with Gasteiger partial charge in [0.25, 0.3) is 0 Å². The van der Waals surface area contributed by atoms with E-state index in [4.69, 9.17) is 18.5 Å². The Balaban J connectivity index is 3.53. The van der Waals surface area contributed by atoms with E-state index in [1.807, 2.05) is 21.1 Å². The zero-order valence-corrected chi connectivity index (χ0v) is 25.9. The molecule has 0 aliphatic rings. The molecule has 0 aromatic carbocycles. The highest BCUT2D eigenvalue weighted by molar-refractivity contribution is 7.47. The Morgan fingerprint density at radius 1 is 0.730 bits per heavy atom. The molecule has 2 atom stereocenters. The Morgan fingerprint density at radius 2 is 1.24 bits per heavy atom. The van der Waals surface area contributed by atoms with Crippen LogP contribution in [0.15, 0.2) is 12.2 Å². The first-order valence-electron chi connectivity index (χ1n) is 14.9. The topological polar surface area (TPSA) is 74.2 Å². The first kappa shape index (κ1) is 36.7. The largest absolute Gasteiger partial charge is 0.472 e. The molecule has 8 heteroatoms. The van der Waals surface area contributed by atoms with E-state index in [1.54, 1.807) is 7.11 Å². The third-order valence-electron chi connectivity index (χ3n) is 6.38. The molecule has 0 aromatic heterocycles. The molecule has 0 spiro atoms. The van der Waals surface area contributed by atoms with Gasteiger partial charge < -0.3 is 18.9 Å². The van der Waals surface area contributed by atoms with E-state index < -0.39 is 13.9 Å². The number of nitrogens with zero attached hydrogens (tertiary/aromatic N) is 1. The summed E-state index contributed by atoms with van der Waals surface area (Å²) in [6, 6.07) is 0. The Hall–Kier alpha value is -0.270. The van der Waals surface area contributed by atoms with Gasteiger partial charge >= 0.3 is 7.82 Å². The maximum absolute atomic E-state index is 12.0. The van der Waals surface area contributed by atoms with E-state index in [0.29, 0.717) is 24.2 Å². The van der Waals surface area contributed by atoms with Gasteiger partial charge in [-0.3, -0.25) is 9.05 Å². The number of hydrogen-bond donors (Lipinski definition) is 1. The van der Waals surface area contributed by atoms with Crippen LogP contribution in [0.3, 0.4) is 0 Å². The van der Waals surface area contributed by atoms with Gasteiger partial charge in [-0.1, -0.05) is 89.7 Å². The number of rotatable bonds is 28. The van der Waals surface area contributed by atoms with Gasteiger partial charge in [0.05, 0.1) is 34.4 Å². The number of hydrogen-bond acceptors (Lipinski definition) is 5. The minimum absolute atomic E-state index is 0.0431. The number of likely N-dealkylation sites (N-methyl/N-ethyl adjacent to an activating group) is 1. The molecule has 0 bridgehead atoms. The van der Waals surface area contributed by atoms with Crippen LogP contribution in [0.5, 0.6) is 0 Å². The van der Waals surface area contributed by atoms with Crippen molar-refractivity contribution in [1.82, 2.24) is 0 Å². The van der Waals surface area contributed by atoms with Crippen molar-refractivity contribution in [2.24, 2.45) is 0 Å². The second-order valence-corrected chi connectivity index (χ2v) is 12.6. The van der Waals surface area contributed by atoms with Crippen molar-refractivity contribution in [1.29, 1.82) is 0 Å². The summed E-state index contributed by atoms with van der Waals surface area (Å²) >= 11 is 0. The fraction of sp³-hybridized carbons (Fsp3) is 0.931. The lowest BCUT2D eigenvalue weighted by molar-refractivity contribution is -0.870. The number of quaternary nitrogens is 1. The first-order chi connectivity index (χ1) is 17.7. The van der Waals surface area contributed by atoms with Crippen molar-refractivity contribution < 1.29 is 32.5 Å². The van der Waals surface area contributed by atoms with Crippen LogP contribution < -0.4 is 0 Å². The monoisotopic (exact) mass is 550 g/mol. The molecule has 0 aromatic rings. The van der Waals surface area contributed by atoms with Crippen LogP contribution in [-0.4, -0.2) is 76.7 Å². The molecule has 0 saturated carbocycles. The van der Waals surface area contributed by atoms with Crippen molar-refractivity contribution in [2.75, 3.05) is 61.2 Å². The number of unbranched alkanes of at least 4 members (excludes halogenated alkanes) is 14. The Morgan fingerprint density at radius 3 is 1.76 bits per heavy atom. The molecule has 0 aliphatic heterocycles. The van der Waals surface area contributed by atoms with Gasteiger partial charge in [-0.25, -0.2) is 4.57 Å². The van der Waals surface area contributed by atoms with Crippen molar-refractivity contribution >= 4 is 7.82 Å². The number of methoxy groups -OCH3 is 1. The van der Waals surface area contributed by atoms with E-state index in [-0.39, 0.29) is 13.2 Å². The third-order valence-corrected chi connectivity index (χ3v) is 7.36. The molecule has 0 rings (SSSR count). The quantitative estimate of drug-likeness (QED) is 0.0466. The molecule has 222 valence electrons. The van der Waals surface area contributed by atoms with Crippen LogP contribution in [0.1, 0.15) is 110 Å². The molecule has 0 amide bonds. The molecular formula is C29H61NO6P+. The third kappa shape index (κ3) is 28.6. The lowest BCUT2D eigenvalue weighted by Crippen LogP contribution is -2.37. The summed E-state index contributed by atoms with van der Waals surface area (Å²) in [6.07, 6.45) is 25.3. The lowest BCUT2D eigenvalue weighted by atomic mass is 10.1. The average Bonchev–Trinajstić information content (AvgIpc) is 2.83. The van der Waals surface area contributed by atoms with Crippen molar-refractivity contribution in [2.45, 2.75) is 116 Å². The molecule has 0 heterocycles. The van der Waals surface area contributed by atoms with E-state index in [9.17, 15) is 9.46 Å². The molecule has 37 heavy (non-hydrogen) atoms. The zero-order valence-electron chi connectivity index (χ0n) is 25.0. The van der Waals surface area contributed by atoms with E-state index in [2.05, 4.69) is 19.1 Å². The number of phosphoric ester groups is 1. The van der Waals surface area contributed by atoms with Crippen molar-refractivity contribution in [3.05, 3.63) is 12.2 Å². The van der Waals surface area contributed by atoms with E-state index >= 15 is 0 Å². The maximum atomic E-state index is 12.0. The molecule has 0 aliphatic carbocycles. The van der Waals surface area contributed by atoms with Crippen LogP contribution in [-0.2, 0) is 23.1 Å². The molecule has 0 radical (unpaired) electrons. The van der Waals surface area contributed by atoms with Gasteiger partial charge in [-0.05, 0) is 32.1 Å². The van der Waals surface area contributed by atoms with Crippen LogP contribution in [0.2, 0.25) is 0 Å². The molecular weight excluding hydrogens is 489 g/mol. The van der Waals surface area contributed by atoms with Crippen molar-refractivity contribution in [3.8, 4) is 0 Å². The van der Waals surface area contributed by atoms with E-state index in [0.717, 1.165) is 19.3 Å². The summed E-state index contributed by atoms with van der Waals surface area (Å²) < 4.78 is 33.7. The minimum atomic E-state index is -4.08. The zero-order chi connectivity index (χ0) is 27.7. The van der Waals surface area contributed by atoms with Gasteiger partial charge in [-0.15, -0.1) is 0 Å². The first-order valence-corrected chi connectivity index (χ1v) is 16.4. The fourth-order valence-corrected chi connectivity index (χ4v) is 4.59. The summed E-state index contributed by atoms with van der Waals surface area (Å²) in [6.45, 7) is 3.98. The van der Waals surface area contributed by atoms with Crippen molar-refractivity contribution in [3.63, 3.8) is 0 Å². The molecule has 1 unspecified atom stereocenters. The highest BCUT2D eigenvalue weighted by atomic mass is 31.2. The highest BCUT2D eigenvalue weighted by Crippen LogP contribution is 2.43. The van der Waals surface area contributed by atoms with Crippen LogP contribution in [0.25, 0.3) is 0 Å². The second kappa shape index (κ2) is 24.7. The smallest absolute Gasteiger partial charge is 0.379 e. The SMILES string of the molecule is CCCCCCCCCCCCCC=CCCCCCOC[C@H](COP(=O)(O)OCC[N+](C)(C)C)OC. The van der Waals surface area contributed by atoms with Crippen LogP contribution >= 0.6 is 7.82 Å². The van der Waals surface area contributed by atoms with Gasteiger partial charge in [0.15, 0.2) is 0 Å². The Kier molecular flexibility index (Phi) is 24.6. The molecule has 7 nitrogen and oxygen atoms in total. The number of phosphoric acid groups is 1. The number of ether oxygens (including phenoxy) is 2. The minimum Gasteiger partial charge on any atom is -0.379 e. The number of allylic oxidation sites excluding steroid dienone is 2. The lowest BCUT2D eigenvalue weighted by Gasteiger charge is -2.24. The average molecular weight is 551 g/mol. The Labute approximate surface area is 229 Å². The van der Waals surface area contributed by atoms with E-state index in [1.165, 1.54) is 83.5 Å². The van der Waals surface area contributed by atoms with Gasteiger partial charge in [-0.2, -0.15) is 0 Å². The fourth-order valence-electron chi connectivity index (χ4n) is 3.85. The summed E-state index contributed by atoms with van der Waals surface area (Å²) in [7, 11) is 3.43. The van der Waals surface area contributed by atoms with Gasteiger partial charge in [0.2, 0.25) is 0 Å². The van der Waals surface area contributed by atoms with Gasteiger partial charge in [0.1, 0.15) is 19.3 Å². The molecule has 1 N–H and O–H groups in total. The predicted octanol–water partition coefficient (Wildman–Crippen LogP) is 7.68. The summed E-state index contributed by atoms with van der Waals surface area (Å²) in [5.74, 6) is 0. The molecule has 0 fully saturated rings. The Bertz CT molecular complexity index is 567. The standard InChI is InChI=1S/C29H60NO6P/c1-6-7-8-9-10-11-12-13-14-15-16-17-18-19-20-21-22-23-25-34-27-29(33-5)28-36-37(31,32)35-26-24-30(2,3)4/h18-19,29H,6-17,20-28H2,1-5H3/p+1/t29-/m1/s1. The predicted molar refractivity (Wildman–Crippen MR) is 155 cm³/mol. The highest BCUT2D eigenvalue weighted by Gasteiger charge is 2.24. The van der Waals surface area contributed by atoms with Gasteiger partial charge in [0, 0.05) is 13.7 Å². The summed E-state index contributed by atoms with van der Waals surface area (Å²) in [5, 5.41) is 0. The second-order valence-electron chi connectivity index (χ2n) is 11.2. The summed E-state index contributed by atoms with van der Waals surface area (Å²) in [4.78, 5) is 9.80. The van der Waals surface area contributed by atoms with Crippen LogP contribution in [0, 0.1) is 0 Å².